The van der Waals surface area contributed by atoms with Crippen molar-refractivity contribution in [2.24, 2.45) is 11.6 Å². The highest BCUT2D eigenvalue weighted by Gasteiger charge is 2.25. The lowest BCUT2D eigenvalue weighted by atomic mass is 10.1. The van der Waals surface area contributed by atoms with Crippen LogP contribution in [0.25, 0.3) is 24.3 Å². The summed E-state index contributed by atoms with van der Waals surface area (Å²) < 4.78 is 81.5. The van der Waals surface area contributed by atoms with E-state index in [9.17, 15) is 61.4 Å². The van der Waals surface area contributed by atoms with Crippen LogP contribution in [0.3, 0.4) is 0 Å². The number of amides is 1. The molecule has 46 nitrogen and oxygen atoms in total. The second-order valence-electron chi connectivity index (χ2n) is 27.3. The van der Waals surface area contributed by atoms with Gasteiger partial charge in [-0.05, 0) is 119 Å². The van der Waals surface area contributed by atoms with Gasteiger partial charge in [0.25, 0.3) is 20.2 Å². The molecule has 1 amide bonds. The molecule has 692 valence electrons. The van der Waals surface area contributed by atoms with Crippen molar-refractivity contribution in [1.29, 1.82) is 0 Å². The summed E-state index contributed by atoms with van der Waals surface area (Å²) in [6, 6.07) is 54.5. The lowest BCUT2D eigenvalue weighted by molar-refractivity contribution is -0.432. The Morgan fingerprint density at radius 1 is 0.356 bits per heavy atom. The van der Waals surface area contributed by atoms with Gasteiger partial charge in [-0.3, -0.25) is 13.9 Å². The van der Waals surface area contributed by atoms with Gasteiger partial charge in [-0.2, -0.15) is 82.5 Å². The van der Waals surface area contributed by atoms with Gasteiger partial charge in [0.2, 0.25) is 77.3 Å². The number of anilines is 20. The summed E-state index contributed by atoms with van der Waals surface area (Å²) in [5.74, 6) is 6.05. The van der Waals surface area contributed by atoms with E-state index in [0.717, 1.165) is 0 Å². The normalized spacial score (nSPS) is 11.3. The van der Waals surface area contributed by atoms with Gasteiger partial charge in [-0.1, -0.05) is 138 Å². The first-order chi connectivity index (χ1) is 63.9. The number of aromatic nitrogens is 12. The predicted molar refractivity (Wildman–Crippen MR) is 495 cm³/mol. The second kappa shape index (κ2) is 49.6. The number of aliphatic hydroxyl groups is 6. The molecule has 12 aromatic rings. The fourth-order valence-electron chi connectivity index (χ4n) is 12.0. The van der Waals surface area contributed by atoms with Crippen LogP contribution in [0.5, 0.6) is 0 Å². The first-order valence-electron chi connectivity index (χ1n) is 39.5. The van der Waals surface area contributed by atoms with Crippen molar-refractivity contribution in [2.75, 3.05) is 154 Å². The third-order valence-corrected chi connectivity index (χ3v) is 21.1. The Balaban J connectivity index is 0.000000255. The fraction of sp³-hybridized carbons (Fsp3) is 0.183. The van der Waals surface area contributed by atoms with Crippen LogP contribution < -0.4 is 73.8 Å². The van der Waals surface area contributed by atoms with E-state index < -0.39 is 35.9 Å². The lowest BCUT2D eigenvalue weighted by Crippen LogP contribution is -2.32. The highest BCUT2D eigenvalue weighted by Crippen LogP contribution is 2.36. The number of nitrogens with one attached hydrogen (secondary N) is 8. The van der Waals surface area contributed by atoms with Crippen LogP contribution in [-0.4, -0.2) is 225 Å². The summed E-state index contributed by atoms with van der Waals surface area (Å²) in [5, 5.41) is 108. The monoisotopic (exact) mass is 1890 g/mol. The molecule has 22 N–H and O–H groups in total. The molecule has 4 aromatic heterocycles. The Kier molecular flexibility index (Phi) is 37.0. The summed E-state index contributed by atoms with van der Waals surface area (Å²) in [6.45, 7) is 3.01. The number of para-hydroxylation sites is 4. The third kappa shape index (κ3) is 30.2. The summed E-state index contributed by atoms with van der Waals surface area (Å²) >= 11 is 1.25. The number of rotatable bonds is 50. The van der Waals surface area contributed by atoms with Crippen molar-refractivity contribution in [3.05, 3.63) is 229 Å². The molecule has 0 saturated carbocycles. The van der Waals surface area contributed by atoms with Gasteiger partial charge in [-0.25, -0.2) is 10.5 Å². The van der Waals surface area contributed by atoms with Crippen LogP contribution in [0.15, 0.2) is 226 Å². The molecule has 0 fully saturated rings. The SMILES string of the molecule is C=C(CN(CCO)c1nc(Nc2ccccc2)nc(Nc2ccc(C=Cc3ccc(Nc4nc(Nc5ccccc5)nc(N(CCO)CCC(N)=O)n4)cc3S(=O)(=O)O)c(SOOO)c2)n1)ON.O=S(=O)(O)c1cc(Nc2nc(Nc3ccccc3)nc(N(CCO)CCO)n2)ccc1C=Cc1ccc(Nc2nc(Nc3ccccc3)nc(N(CCO)CCO)n2)cc1SOOO. The van der Waals surface area contributed by atoms with Crippen LogP contribution in [-0.2, 0) is 48.6 Å². The first-order valence-corrected chi connectivity index (χ1v) is 43.8. The zero-order valence-corrected chi connectivity index (χ0v) is 72.9. The molecule has 0 aliphatic rings. The lowest BCUT2D eigenvalue weighted by Gasteiger charge is -2.22. The highest BCUT2D eigenvalue weighted by atomic mass is 32.2. The molecular formula is C82H90N26O20S4. The van der Waals surface area contributed by atoms with E-state index in [2.05, 4.69) is 119 Å². The Morgan fingerprint density at radius 3 is 0.871 bits per heavy atom. The average Bonchev–Trinajstić information content (AvgIpc) is 0.808. The molecule has 0 aliphatic carbocycles. The Hall–Kier alpha value is -14.1. The molecule has 12 rings (SSSR count). The second-order valence-corrected chi connectivity index (χ2v) is 31.5. The van der Waals surface area contributed by atoms with E-state index in [1.165, 1.54) is 53.5 Å². The summed E-state index contributed by atoms with van der Waals surface area (Å²) in [7, 11) is -9.66. The fourth-order valence-corrected chi connectivity index (χ4v) is 14.5. The molecule has 0 radical (unpaired) electrons. The van der Waals surface area contributed by atoms with E-state index in [1.807, 2.05) is 84.9 Å². The van der Waals surface area contributed by atoms with Crippen LogP contribution in [0.2, 0.25) is 0 Å². The number of nitrogens with zero attached hydrogens (tertiary/aromatic N) is 16. The third-order valence-electron chi connectivity index (χ3n) is 18.0. The molecule has 132 heavy (non-hydrogen) atoms. The first kappa shape index (κ1) is 98.5. The molecular weight excluding hydrogens is 1800 g/mol. The topological polar surface area (TPSA) is 650 Å². The van der Waals surface area contributed by atoms with Gasteiger partial charge in [0.05, 0.1) is 70.3 Å². The minimum atomic E-state index is -4.85. The Morgan fingerprint density at radius 2 is 0.606 bits per heavy atom. The number of carbonyl (C=O) groups is 1. The van der Waals surface area contributed by atoms with E-state index in [0.29, 0.717) is 79.1 Å². The van der Waals surface area contributed by atoms with E-state index >= 15 is 0 Å². The maximum absolute atomic E-state index is 12.8. The quantitative estimate of drug-likeness (QED) is 0.00421. The number of carbonyl (C=O) groups excluding carboxylic acids is 1. The van der Waals surface area contributed by atoms with Crippen molar-refractivity contribution >= 4 is 191 Å². The van der Waals surface area contributed by atoms with Crippen LogP contribution in [0, 0.1) is 0 Å². The van der Waals surface area contributed by atoms with Crippen molar-refractivity contribution in [3.8, 4) is 0 Å². The van der Waals surface area contributed by atoms with Gasteiger partial charge in [-0.15, -0.1) is 8.67 Å². The minimum Gasteiger partial charge on any atom is -0.415 e. The average molecular weight is 1890 g/mol. The molecule has 8 aromatic carbocycles. The zero-order valence-electron chi connectivity index (χ0n) is 69.6. The van der Waals surface area contributed by atoms with Crippen molar-refractivity contribution < 1.29 is 95.5 Å². The molecule has 4 heterocycles. The highest BCUT2D eigenvalue weighted by molar-refractivity contribution is 7.95. The van der Waals surface area contributed by atoms with Gasteiger partial charge < -0.3 is 103 Å². The molecule has 0 unspecified atom stereocenters. The number of primary amides is 1. The number of hydrogen-bond donors (Lipinski definition) is 20. The van der Waals surface area contributed by atoms with E-state index in [4.69, 9.17) is 35.7 Å². The van der Waals surface area contributed by atoms with Crippen molar-refractivity contribution in [1.82, 2.24) is 59.8 Å². The zero-order chi connectivity index (χ0) is 93.8. The number of nitrogens with two attached hydrogens (primary N) is 2. The summed E-state index contributed by atoms with van der Waals surface area (Å²) in [5.41, 5.74) is 10.3. The maximum Gasteiger partial charge on any atom is 0.295 e. The number of aliphatic hydroxyl groups excluding tert-OH is 6. The summed E-state index contributed by atoms with van der Waals surface area (Å²) in [6.07, 6.45) is 5.90. The predicted octanol–water partition coefficient (Wildman–Crippen LogP) is 9.21. The Bertz CT molecular complexity index is 6110. The molecule has 0 atom stereocenters. The molecule has 0 spiro atoms. The maximum atomic E-state index is 12.8. The molecule has 0 aliphatic heterocycles. The smallest absolute Gasteiger partial charge is 0.295 e. The standard InChI is InChI=1S/C42H46N14O10S2.C40H44N12O10S2/c1-27(64-44)26-56(21-23-58)42-53-38(46-31-10-6-3-7-11-31)50-39(54-42)47-32-16-14-28(34(24-32)67-66-65-60)12-13-29-15-17-33(25-35(29)68(61,62)63)48-40-49-37(45-30-8-4-2-5-9-30)51-41(52-40)55(20-22-57)19-18-36(43)59;53-21-17-51(18-22-54)39-47-35(41-29-7-3-1-4-8-29)45-37(49-39)43-31-15-13-27(33(25-31)63-62-61-57)11-12-28-14-16-32(26-34(28)64(58,59)60)44-38-46-36(42-30-9-5-2-6-10-30)48-40(50-38)52(19-23-55)20-24-56/h2-17,24-25,57-58,60H,1,18-23,26,44H2,(H2,43,59)(H,61,62,63)(H2,45,48,49,51,52)(H2,46,47,50,53,54);1-16,25-26,53-57H,17-24H2,(H,58,59,60)(H2,41,43,45,47,49)(H2,42,44,46,48,50). The van der Waals surface area contributed by atoms with Crippen LogP contribution in [0.1, 0.15) is 28.7 Å². The largest absolute Gasteiger partial charge is 0.415 e. The van der Waals surface area contributed by atoms with Crippen molar-refractivity contribution in [3.63, 3.8) is 0 Å². The van der Waals surface area contributed by atoms with E-state index in [-0.39, 0.29) is 198 Å². The van der Waals surface area contributed by atoms with Crippen LogP contribution >= 0.6 is 24.1 Å². The molecule has 0 bridgehead atoms. The van der Waals surface area contributed by atoms with E-state index in [1.54, 1.807) is 99.6 Å². The summed E-state index contributed by atoms with van der Waals surface area (Å²) in [4.78, 5) is 76.2. The Labute approximate surface area is 762 Å². The van der Waals surface area contributed by atoms with Crippen LogP contribution in [0.4, 0.5) is 117 Å². The van der Waals surface area contributed by atoms with Gasteiger partial charge in [0.15, 0.2) is 0 Å². The van der Waals surface area contributed by atoms with Gasteiger partial charge in [0, 0.05) is 108 Å². The van der Waals surface area contributed by atoms with Gasteiger partial charge in [0.1, 0.15) is 15.6 Å². The molecule has 0 saturated heterocycles. The molecule has 50 heteroatoms. The number of hydrogen-bond acceptors (Lipinski definition) is 45. The van der Waals surface area contributed by atoms with Gasteiger partial charge >= 0.3 is 0 Å². The number of benzene rings is 8. The minimum absolute atomic E-state index is 0.0138. The van der Waals surface area contributed by atoms with Crippen molar-refractivity contribution in [2.45, 2.75) is 26.0 Å².